The molecule has 3 heterocycles. The lowest BCUT2D eigenvalue weighted by atomic mass is 9.83. The van der Waals surface area contributed by atoms with E-state index in [0.717, 1.165) is 67.2 Å². The molecule has 1 saturated heterocycles. The third-order valence-corrected chi connectivity index (χ3v) is 7.44. The maximum Gasteiger partial charge on any atom is 0.228 e. The number of aryl methyl sites for hydroxylation is 2. The Kier molecular flexibility index (Phi) is 5.70. The normalized spacial score (nSPS) is 19.6. The minimum absolute atomic E-state index is 0.128. The molecule has 6 nitrogen and oxygen atoms in total. The number of rotatable bonds is 4. The van der Waals surface area contributed by atoms with Gasteiger partial charge in [-0.1, -0.05) is 36.2 Å². The van der Waals surface area contributed by atoms with Crippen molar-refractivity contribution in [1.82, 2.24) is 14.9 Å². The number of aromatic nitrogens is 2. The van der Waals surface area contributed by atoms with Gasteiger partial charge in [0, 0.05) is 42.6 Å². The molecule has 0 unspecified atom stereocenters. The van der Waals surface area contributed by atoms with Crippen molar-refractivity contribution in [3.05, 3.63) is 52.5 Å². The molecular weight excluding hydrogens is 400 g/mol. The van der Waals surface area contributed by atoms with Crippen LogP contribution in [0.1, 0.15) is 72.7 Å². The summed E-state index contributed by atoms with van der Waals surface area (Å²) in [5.41, 5.74) is 4.40. The summed E-state index contributed by atoms with van der Waals surface area (Å²) in [6.45, 7) is 6.21. The SMILES string of the molecule is Cc1ccc(CN2C(=O)CCc3c(C)nc(C4CCN(C(=O)C5CCC5)CC4)nc32)cc1. The van der Waals surface area contributed by atoms with E-state index in [9.17, 15) is 9.59 Å². The standard InChI is InChI=1S/C26H32N4O2/c1-17-6-8-19(9-7-17)16-30-23(31)11-10-22-18(2)27-24(28-25(22)30)20-12-14-29(15-13-20)26(32)21-4-3-5-21/h6-9,20-21H,3-5,10-16H2,1-2H3. The molecule has 1 aliphatic carbocycles. The van der Waals surface area contributed by atoms with E-state index < -0.39 is 0 Å². The topological polar surface area (TPSA) is 66.4 Å². The maximum absolute atomic E-state index is 12.9. The Bertz CT molecular complexity index is 1020. The minimum atomic E-state index is 0.128. The monoisotopic (exact) mass is 432 g/mol. The lowest BCUT2D eigenvalue weighted by Gasteiger charge is -2.36. The fraction of sp³-hybridized carbons (Fsp3) is 0.538. The van der Waals surface area contributed by atoms with Crippen molar-refractivity contribution in [2.45, 2.75) is 71.3 Å². The number of hydrogen-bond acceptors (Lipinski definition) is 4. The van der Waals surface area contributed by atoms with Gasteiger partial charge in [-0.05, 0) is 51.5 Å². The molecule has 1 aromatic heterocycles. The van der Waals surface area contributed by atoms with Gasteiger partial charge >= 0.3 is 0 Å². The first-order valence-corrected chi connectivity index (χ1v) is 12.0. The first-order valence-electron chi connectivity index (χ1n) is 12.0. The Morgan fingerprint density at radius 1 is 1.00 bits per heavy atom. The third kappa shape index (κ3) is 4.03. The van der Waals surface area contributed by atoms with Crippen molar-refractivity contribution in [3.63, 3.8) is 0 Å². The summed E-state index contributed by atoms with van der Waals surface area (Å²) in [4.78, 5) is 39.2. The predicted molar refractivity (Wildman–Crippen MR) is 123 cm³/mol. The zero-order chi connectivity index (χ0) is 22.2. The van der Waals surface area contributed by atoms with Crippen LogP contribution in [0.2, 0.25) is 0 Å². The van der Waals surface area contributed by atoms with Crippen molar-refractivity contribution >= 4 is 17.6 Å². The summed E-state index contributed by atoms with van der Waals surface area (Å²) >= 11 is 0. The zero-order valence-electron chi connectivity index (χ0n) is 19.1. The Balaban J connectivity index is 1.36. The summed E-state index contributed by atoms with van der Waals surface area (Å²) in [6, 6.07) is 8.33. The quantitative estimate of drug-likeness (QED) is 0.730. The van der Waals surface area contributed by atoms with E-state index in [2.05, 4.69) is 31.2 Å². The Hall–Kier alpha value is -2.76. The lowest BCUT2D eigenvalue weighted by Crippen LogP contribution is -2.43. The summed E-state index contributed by atoms with van der Waals surface area (Å²) in [7, 11) is 0. The van der Waals surface area contributed by atoms with E-state index in [1.54, 1.807) is 0 Å². The molecule has 0 bridgehead atoms. The molecule has 3 aliphatic rings. The van der Waals surface area contributed by atoms with Crippen LogP contribution in [0.4, 0.5) is 5.82 Å². The molecule has 2 aliphatic heterocycles. The molecule has 1 saturated carbocycles. The molecule has 0 radical (unpaired) electrons. The average molecular weight is 433 g/mol. The first-order chi connectivity index (χ1) is 15.5. The number of nitrogens with zero attached hydrogens (tertiary/aromatic N) is 4. The van der Waals surface area contributed by atoms with Gasteiger partial charge < -0.3 is 4.90 Å². The highest BCUT2D eigenvalue weighted by Crippen LogP contribution is 2.35. The number of likely N-dealkylation sites (tertiary alicyclic amines) is 1. The molecule has 0 atom stereocenters. The second-order valence-electron chi connectivity index (χ2n) is 9.66. The number of piperidine rings is 1. The number of fused-ring (bicyclic) bond motifs is 1. The van der Waals surface area contributed by atoms with Gasteiger partial charge in [0.15, 0.2) is 0 Å². The third-order valence-electron chi connectivity index (χ3n) is 7.44. The fourth-order valence-corrected chi connectivity index (χ4v) is 5.10. The highest BCUT2D eigenvalue weighted by Gasteiger charge is 2.34. The molecular formula is C26H32N4O2. The highest BCUT2D eigenvalue weighted by molar-refractivity contribution is 5.95. The number of carbonyl (C=O) groups excluding carboxylic acids is 2. The summed E-state index contributed by atoms with van der Waals surface area (Å²) in [5, 5.41) is 0. The smallest absolute Gasteiger partial charge is 0.228 e. The van der Waals surface area contributed by atoms with E-state index >= 15 is 0 Å². The van der Waals surface area contributed by atoms with Crippen LogP contribution in [0.5, 0.6) is 0 Å². The molecule has 2 aromatic rings. The van der Waals surface area contributed by atoms with Crippen LogP contribution in [-0.4, -0.2) is 39.8 Å². The predicted octanol–water partition coefficient (Wildman–Crippen LogP) is 4.08. The molecule has 0 N–H and O–H groups in total. The minimum Gasteiger partial charge on any atom is -0.342 e. The number of hydrogen-bond donors (Lipinski definition) is 0. The van der Waals surface area contributed by atoms with E-state index in [1.165, 1.54) is 12.0 Å². The number of amides is 2. The van der Waals surface area contributed by atoms with Crippen LogP contribution >= 0.6 is 0 Å². The first kappa shape index (κ1) is 21.1. The van der Waals surface area contributed by atoms with Gasteiger partial charge in [-0.2, -0.15) is 0 Å². The number of anilines is 1. The Labute approximate surface area is 190 Å². The van der Waals surface area contributed by atoms with Gasteiger partial charge in [0.25, 0.3) is 0 Å². The van der Waals surface area contributed by atoms with E-state index in [4.69, 9.17) is 9.97 Å². The Morgan fingerprint density at radius 2 is 1.72 bits per heavy atom. The number of carbonyl (C=O) groups is 2. The summed E-state index contributed by atoms with van der Waals surface area (Å²) < 4.78 is 0. The second-order valence-corrected chi connectivity index (χ2v) is 9.66. The summed E-state index contributed by atoms with van der Waals surface area (Å²) in [6.07, 6.45) is 6.29. The van der Waals surface area contributed by atoms with Crippen LogP contribution in [-0.2, 0) is 22.6 Å². The fourth-order valence-electron chi connectivity index (χ4n) is 5.10. The van der Waals surface area contributed by atoms with Crippen LogP contribution in [0.3, 0.4) is 0 Å². The van der Waals surface area contributed by atoms with Gasteiger partial charge in [-0.3, -0.25) is 14.5 Å². The van der Waals surface area contributed by atoms with Gasteiger partial charge in [0.1, 0.15) is 11.6 Å². The number of benzene rings is 1. The molecule has 2 fully saturated rings. The van der Waals surface area contributed by atoms with Gasteiger partial charge in [-0.25, -0.2) is 9.97 Å². The van der Waals surface area contributed by atoms with Gasteiger partial charge in [-0.15, -0.1) is 0 Å². The molecule has 5 rings (SSSR count). The van der Waals surface area contributed by atoms with E-state index in [0.29, 0.717) is 25.3 Å². The van der Waals surface area contributed by atoms with Crippen molar-refractivity contribution in [2.75, 3.05) is 18.0 Å². The average Bonchev–Trinajstić information content (AvgIpc) is 2.76. The lowest BCUT2D eigenvalue weighted by molar-refractivity contribution is -0.139. The zero-order valence-corrected chi connectivity index (χ0v) is 19.1. The van der Waals surface area contributed by atoms with Crippen LogP contribution < -0.4 is 4.90 Å². The van der Waals surface area contributed by atoms with Crippen LogP contribution in [0, 0.1) is 19.8 Å². The van der Waals surface area contributed by atoms with Crippen molar-refractivity contribution in [3.8, 4) is 0 Å². The van der Waals surface area contributed by atoms with E-state index in [1.807, 2.05) is 16.7 Å². The van der Waals surface area contributed by atoms with Crippen molar-refractivity contribution in [1.29, 1.82) is 0 Å². The van der Waals surface area contributed by atoms with Crippen LogP contribution in [0.25, 0.3) is 0 Å². The van der Waals surface area contributed by atoms with Crippen molar-refractivity contribution in [2.24, 2.45) is 5.92 Å². The highest BCUT2D eigenvalue weighted by atomic mass is 16.2. The molecule has 0 spiro atoms. The van der Waals surface area contributed by atoms with E-state index in [-0.39, 0.29) is 17.7 Å². The second kappa shape index (κ2) is 8.64. The largest absolute Gasteiger partial charge is 0.342 e. The molecule has 32 heavy (non-hydrogen) atoms. The maximum atomic E-state index is 12.9. The van der Waals surface area contributed by atoms with Gasteiger partial charge in [0.05, 0.1) is 6.54 Å². The van der Waals surface area contributed by atoms with Gasteiger partial charge in [0.2, 0.25) is 11.8 Å². The summed E-state index contributed by atoms with van der Waals surface area (Å²) in [5.74, 6) is 2.59. The molecule has 168 valence electrons. The van der Waals surface area contributed by atoms with Crippen molar-refractivity contribution < 1.29 is 9.59 Å². The molecule has 6 heteroatoms. The molecule has 1 aromatic carbocycles. The Morgan fingerprint density at radius 3 is 2.38 bits per heavy atom. The van der Waals surface area contributed by atoms with Crippen LogP contribution in [0.15, 0.2) is 24.3 Å². The molecule has 2 amide bonds.